The van der Waals surface area contributed by atoms with E-state index in [4.69, 9.17) is 44.3 Å². The molecule has 0 heterocycles. The molecule has 0 spiro atoms. The number of halogens is 4. The largest absolute Gasteiger partial charge is 0.440 e. The van der Waals surface area contributed by atoms with Crippen LogP contribution >= 0.6 is 44.3 Å². The molecule has 0 aromatic heterocycles. The van der Waals surface area contributed by atoms with E-state index >= 15 is 0 Å². The molecule has 0 aliphatic heterocycles. The van der Waals surface area contributed by atoms with Crippen LogP contribution in [0, 0.1) is 0 Å². The van der Waals surface area contributed by atoms with Crippen LogP contribution in [0.1, 0.15) is 50.5 Å². The molecule has 15 heteroatoms. The van der Waals surface area contributed by atoms with Crippen LogP contribution in [0.15, 0.2) is 0 Å². The first-order valence-corrected chi connectivity index (χ1v) is 17.3. The lowest BCUT2D eigenvalue weighted by atomic mass is 10.5. The summed E-state index contributed by atoms with van der Waals surface area (Å²) in [5, 5.41) is 18.6. The quantitative estimate of drug-likeness (QED) is 0.161. The van der Waals surface area contributed by atoms with Crippen molar-refractivity contribution in [2.75, 3.05) is 76.0 Å². The predicted octanol–water partition coefficient (Wildman–Crippen LogP) is 3.96. The summed E-state index contributed by atoms with van der Waals surface area (Å²) in [5.41, 5.74) is 0. The van der Waals surface area contributed by atoms with Crippen LogP contribution in [0.2, 0.25) is 0 Å². The molecule has 0 aliphatic carbocycles. The molecule has 0 bridgehead atoms. The second-order valence-electron chi connectivity index (χ2n) is 6.82. The van der Waals surface area contributed by atoms with Gasteiger partial charge < -0.3 is 4.90 Å². The zero-order valence-electron chi connectivity index (χ0n) is 19.9. The highest BCUT2D eigenvalue weighted by Gasteiger charge is 2.38. The monoisotopic (exact) mass is 597 g/mol. The summed E-state index contributed by atoms with van der Waals surface area (Å²) in [7, 11) is 13.4. The summed E-state index contributed by atoms with van der Waals surface area (Å²) >= 11 is 19.9. The van der Waals surface area contributed by atoms with E-state index in [2.05, 4.69) is 46.0 Å². The Morgan fingerprint density at radius 2 is 0.636 bits per heavy atom. The van der Waals surface area contributed by atoms with Gasteiger partial charge in [0.1, 0.15) is 0 Å². The van der Waals surface area contributed by atoms with Gasteiger partial charge in [0, 0.05) is 56.4 Å². The van der Waals surface area contributed by atoms with Gasteiger partial charge in [-0.05, 0) is 19.6 Å². The van der Waals surface area contributed by atoms with Crippen LogP contribution in [0.25, 0.3) is 0 Å². The SMILES string of the molecule is C.C.C.C.CCN(CC)CC.CN(C)N[Si](NN(C)C)(NN(C)C)NN(C)C.Cl[Si](Cl)(Cl)Cl. The van der Waals surface area contributed by atoms with Crippen LogP contribution in [0.4, 0.5) is 0 Å². The van der Waals surface area contributed by atoms with Crippen LogP contribution in [-0.2, 0) is 0 Å². The van der Waals surface area contributed by atoms with Gasteiger partial charge in [0.2, 0.25) is 0 Å². The molecule has 0 amide bonds. The van der Waals surface area contributed by atoms with Gasteiger partial charge in [0.15, 0.2) is 0 Å². The lowest BCUT2D eigenvalue weighted by Crippen LogP contribution is -2.87. The van der Waals surface area contributed by atoms with Crippen molar-refractivity contribution in [3.63, 3.8) is 0 Å². The smallest absolute Gasteiger partial charge is 0.304 e. The Morgan fingerprint density at radius 1 is 0.485 bits per heavy atom. The van der Waals surface area contributed by atoms with Crippen molar-refractivity contribution in [2.45, 2.75) is 50.5 Å². The first-order valence-electron chi connectivity index (χ1n) is 9.30. The van der Waals surface area contributed by atoms with E-state index in [9.17, 15) is 0 Å². The topological polar surface area (TPSA) is 64.3 Å². The molecule has 9 nitrogen and oxygen atoms in total. The second kappa shape index (κ2) is 27.8. The fourth-order valence-electron chi connectivity index (χ4n) is 2.16. The number of nitrogens with zero attached hydrogens (tertiary/aromatic N) is 5. The number of hydrogen-bond acceptors (Lipinski definition) is 9. The predicted molar refractivity (Wildman–Crippen MR) is 163 cm³/mol. The van der Waals surface area contributed by atoms with Gasteiger partial charge >= 0.3 is 14.0 Å². The Kier molecular flexibility index (Phi) is 43.0. The van der Waals surface area contributed by atoms with E-state index in [0.717, 1.165) is 0 Å². The highest BCUT2D eigenvalue weighted by Crippen LogP contribution is 2.23. The molecule has 0 unspecified atom stereocenters. The van der Waals surface area contributed by atoms with Crippen LogP contribution < -0.4 is 20.4 Å². The van der Waals surface area contributed by atoms with Gasteiger partial charge in [0.05, 0.1) is 0 Å². The Balaban J connectivity index is -0.0000000714. The fraction of sp³-hybridized carbons (Fsp3) is 1.00. The molecular weight excluding hydrogens is 540 g/mol. The van der Waals surface area contributed by atoms with E-state index < -0.39 is 14.0 Å². The van der Waals surface area contributed by atoms with Crippen molar-refractivity contribution in [3.8, 4) is 0 Å². The summed E-state index contributed by atoms with van der Waals surface area (Å²) in [5.74, 6) is 0. The number of rotatable bonds is 11. The van der Waals surface area contributed by atoms with E-state index in [0.29, 0.717) is 0 Å². The molecule has 0 atom stereocenters. The highest BCUT2D eigenvalue weighted by molar-refractivity contribution is 7.81. The maximum atomic E-state index is 4.97. The van der Waals surface area contributed by atoms with Crippen LogP contribution in [0.3, 0.4) is 0 Å². The van der Waals surface area contributed by atoms with Gasteiger partial charge in [-0.15, -0.1) is 44.3 Å². The highest BCUT2D eigenvalue weighted by atomic mass is 36.0. The molecule has 0 aromatic rings. The van der Waals surface area contributed by atoms with Crippen molar-refractivity contribution >= 4 is 58.3 Å². The molecule has 0 aliphatic rings. The van der Waals surface area contributed by atoms with E-state index in [1.165, 1.54) is 19.6 Å². The van der Waals surface area contributed by atoms with Gasteiger partial charge in [-0.1, -0.05) is 50.5 Å². The maximum absolute atomic E-state index is 4.97. The van der Waals surface area contributed by atoms with Gasteiger partial charge in [-0.3, -0.25) is 20.0 Å². The molecule has 0 saturated carbocycles. The molecule has 33 heavy (non-hydrogen) atoms. The Bertz CT molecular complexity index is 318. The molecule has 0 radical (unpaired) electrons. The third-order valence-corrected chi connectivity index (χ3v) is 6.04. The molecule has 0 saturated heterocycles. The standard InChI is InChI=1S/C8H28N8Si.C6H15N.4CH4.Cl4Si/c1-13(2)9-17(10-14(3)4,11-15(5)6)12-16(7)8;1-4-7(5-2)6-3;;;;;1-5(2,3)4/h9-12H,1-8H3;4-6H2,1-3H3;4*1H4;. The minimum atomic E-state index is -2.72. The summed E-state index contributed by atoms with van der Waals surface area (Å²) in [6.07, 6.45) is 0. The molecule has 0 rings (SSSR count). The zero-order valence-corrected chi connectivity index (χ0v) is 24.9. The summed E-state index contributed by atoms with van der Waals surface area (Å²) < 4.78 is 0. The third kappa shape index (κ3) is 43.7. The normalized spacial score (nSPS) is 10.9. The summed E-state index contributed by atoms with van der Waals surface area (Å²) in [6.45, 7) is 10.1. The minimum absolute atomic E-state index is 0. The van der Waals surface area contributed by atoms with E-state index in [1.807, 2.05) is 76.4 Å². The van der Waals surface area contributed by atoms with E-state index in [-0.39, 0.29) is 29.7 Å². The van der Waals surface area contributed by atoms with Crippen molar-refractivity contribution in [2.24, 2.45) is 0 Å². The van der Waals surface area contributed by atoms with Crippen LogP contribution in [-0.4, -0.2) is 115 Å². The molecule has 4 N–H and O–H groups in total. The van der Waals surface area contributed by atoms with E-state index in [1.54, 1.807) is 0 Å². The first-order chi connectivity index (χ1) is 13.0. The average molecular weight is 600 g/mol. The Hall–Kier alpha value is 1.23. The van der Waals surface area contributed by atoms with Crippen molar-refractivity contribution in [3.05, 3.63) is 0 Å². The number of hydrogen-bond donors (Lipinski definition) is 4. The maximum Gasteiger partial charge on any atom is 0.440 e. The number of nitrogens with one attached hydrogen (secondary N) is 4. The molecular formula is C18H59Cl4N9Si2. The fourth-order valence-corrected chi connectivity index (χ4v) is 5.15. The molecule has 212 valence electrons. The van der Waals surface area contributed by atoms with Crippen molar-refractivity contribution in [1.29, 1.82) is 0 Å². The Morgan fingerprint density at radius 3 is 0.697 bits per heavy atom. The Labute approximate surface area is 229 Å². The second-order valence-corrected chi connectivity index (χ2v) is 20.4. The lowest BCUT2D eigenvalue weighted by molar-refractivity contribution is 0.229. The third-order valence-electron chi connectivity index (χ3n) is 2.91. The first kappa shape index (κ1) is 51.0. The summed E-state index contributed by atoms with van der Waals surface area (Å²) in [4.78, 5) is 2.38. The zero-order chi connectivity index (χ0) is 23.8. The lowest BCUT2D eigenvalue weighted by Gasteiger charge is -2.40. The van der Waals surface area contributed by atoms with Crippen LogP contribution in [0.5, 0.6) is 0 Å². The molecule has 0 fully saturated rings. The van der Waals surface area contributed by atoms with Gasteiger partial charge in [-0.2, -0.15) is 0 Å². The summed E-state index contributed by atoms with van der Waals surface area (Å²) in [6, 6.07) is 0. The van der Waals surface area contributed by atoms with Gasteiger partial charge in [0.25, 0.3) is 0 Å². The molecule has 0 aromatic carbocycles. The van der Waals surface area contributed by atoms with Crippen molar-refractivity contribution < 1.29 is 0 Å². The average Bonchev–Trinajstić information content (AvgIpc) is 2.44. The minimum Gasteiger partial charge on any atom is -0.304 e. The van der Waals surface area contributed by atoms with Crippen molar-refractivity contribution in [1.82, 2.24) is 45.3 Å². The number of hydrazine groups is 4. The van der Waals surface area contributed by atoms with Gasteiger partial charge in [-0.25, -0.2) is 20.4 Å².